The molecule has 20 heteroatoms. The number of aliphatic hydroxyl groups is 3. The molecule has 130 heavy (non-hydrogen) atoms. The Bertz CT molecular complexity index is 3950. The van der Waals surface area contributed by atoms with Gasteiger partial charge in [0.1, 0.15) is 46.3 Å². The number of fused-ring (bicyclic) bond motifs is 6. The van der Waals surface area contributed by atoms with Crippen molar-refractivity contribution in [3.8, 4) is 0 Å². The van der Waals surface area contributed by atoms with E-state index in [2.05, 4.69) is 62.3 Å². The van der Waals surface area contributed by atoms with Crippen LogP contribution in [0.2, 0.25) is 0 Å². The lowest BCUT2D eigenvalue weighted by molar-refractivity contribution is -0.263. The van der Waals surface area contributed by atoms with Crippen LogP contribution in [0.1, 0.15) is 438 Å². The predicted octanol–water partition coefficient (Wildman–Crippen LogP) is 22.3. The van der Waals surface area contributed by atoms with E-state index < -0.39 is 5.41 Å². The fourth-order valence-corrected chi connectivity index (χ4v) is 27.4. The largest absolute Gasteiger partial charge is 0.393 e. The summed E-state index contributed by atoms with van der Waals surface area (Å²) in [6, 6.07) is 0. The molecule has 19 atom stereocenters. The minimum Gasteiger partial charge on any atom is -0.393 e. The zero-order chi connectivity index (χ0) is 94.7. The lowest BCUT2D eigenvalue weighted by atomic mass is 9.53. The zero-order valence-electron chi connectivity index (χ0n) is 83.5. The molecule has 734 valence electrons. The molecular formula is C110H174O20. The summed E-state index contributed by atoms with van der Waals surface area (Å²) in [5.41, 5.74) is 5.96. The minimum atomic E-state index is -0.873. The average molecular weight is 1820 g/mol. The summed E-state index contributed by atoms with van der Waals surface area (Å²) in [4.78, 5) is 128. The van der Waals surface area contributed by atoms with Gasteiger partial charge in [-0.15, -0.1) is 0 Å². The molecule has 20 nitrogen and oxygen atoms in total. The molecule has 3 unspecified atom stereocenters. The fourth-order valence-electron chi connectivity index (χ4n) is 27.4. The maximum atomic E-state index is 12.3. The molecule has 14 fully saturated rings. The van der Waals surface area contributed by atoms with Crippen molar-refractivity contribution in [1.82, 2.24) is 0 Å². The fraction of sp³-hybridized carbons (Fsp3) is 0.845. The quantitative estimate of drug-likeness (QED) is 0.128. The van der Waals surface area contributed by atoms with Crippen molar-refractivity contribution in [3.63, 3.8) is 0 Å². The molecule has 11 saturated carbocycles. The molecule has 0 aromatic rings. The van der Waals surface area contributed by atoms with Crippen LogP contribution in [0.5, 0.6) is 0 Å². The molecule has 14 aliphatic carbocycles. The second-order valence-electron chi connectivity index (χ2n) is 43.8. The van der Waals surface area contributed by atoms with Gasteiger partial charge in [-0.05, 0) is 303 Å². The smallest absolute Gasteiger partial charge is 0.171 e. The number of hydrogen-bond donors (Lipinski definition) is 3. The second kappa shape index (κ2) is 48.0. The first-order chi connectivity index (χ1) is 61.9. The van der Waals surface area contributed by atoms with Crippen molar-refractivity contribution in [2.45, 2.75) is 487 Å². The van der Waals surface area contributed by atoms with Crippen LogP contribution in [-0.4, -0.2) is 154 Å². The van der Waals surface area contributed by atoms with E-state index in [-0.39, 0.29) is 134 Å². The Morgan fingerprint density at radius 1 is 0.369 bits per heavy atom. The van der Waals surface area contributed by atoms with E-state index in [1.165, 1.54) is 43.3 Å². The number of allylic oxidation sites excluding steroid dienone is 4. The van der Waals surface area contributed by atoms with Crippen LogP contribution in [0, 0.1) is 79.3 Å². The summed E-state index contributed by atoms with van der Waals surface area (Å²) in [5, 5.41) is 30.7. The molecule has 0 amide bonds. The predicted molar refractivity (Wildman–Crippen MR) is 505 cm³/mol. The number of ketones is 11. The maximum absolute atomic E-state index is 12.3. The number of aliphatic hydroxyl groups excluding tert-OH is 3. The van der Waals surface area contributed by atoms with Gasteiger partial charge in [0.05, 0.1) is 55.1 Å². The number of carbonyl (C=O) groups is 11. The van der Waals surface area contributed by atoms with Crippen molar-refractivity contribution in [2.24, 2.45) is 79.3 Å². The molecule has 3 saturated heterocycles. The summed E-state index contributed by atoms with van der Waals surface area (Å²) >= 11 is 0. The van der Waals surface area contributed by atoms with Crippen molar-refractivity contribution in [3.05, 3.63) is 33.4 Å². The highest BCUT2D eigenvalue weighted by atomic mass is 16.7. The van der Waals surface area contributed by atoms with E-state index in [1.54, 1.807) is 13.8 Å². The third-order valence-corrected chi connectivity index (χ3v) is 36.2. The van der Waals surface area contributed by atoms with Gasteiger partial charge in [-0.3, -0.25) is 52.7 Å². The first kappa shape index (κ1) is 107. The van der Waals surface area contributed by atoms with Gasteiger partial charge in [0.25, 0.3) is 0 Å². The number of rotatable bonds is 15. The number of Topliss-reactive ketones (excluding diaryl/α,β-unsaturated/α-hetero) is 11. The SMILES string of the molecule is CC1C(=O)CCCC1=O.CCC1=C2CCCC(=O)C2(C)CCC1=O.CCC1=C2CCC[C@H](O)[C@@]2(C)CCC1=O.CCC1=C2CCC[C@H](OC3CCCCO3)[C@@]2(C)CCC1=O.CCCC(=O)CCC1(C)C(=O)CCCC1=O.CC[C@@H]1C(=O)CC[C@]2(C)[C@@H](O)CCC[C@@H]12.CC[C@@H]1C(=O)CC[C@]2(C)[C@@H](OC3CCCCO3)CCC[C@@H]12.CC[C@H]1[C@@H]2CCC[C@H](O)[C@@]2(C)CCC12OCCO2. The van der Waals surface area contributed by atoms with Crippen LogP contribution in [-0.2, 0) is 81.2 Å². The van der Waals surface area contributed by atoms with Crippen molar-refractivity contribution >= 4 is 63.6 Å². The molecule has 1 spiro atoms. The summed E-state index contributed by atoms with van der Waals surface area (Å²) < 4.78 is 36.4. The molecule has 17 aliphatic rings. The van der Waals surface area contributed by atoms with Crippen LogP contribution < -0.4 is 0 Å². The van der Waals surface area contributed by atoms with Gasteiger partial charge in [0, 0.05) is 131 Å². The Kier molecular flexibility index (Phi) is 39.6. The number of ether oxygens (including phenoxy) is 6. The van der Waals surface area contributed by atoms with E-state index in [4.69, 9.17) is 28.4 Å². The van der Waals surface area contributed by atoms with E-state index in [1.807, 2.05) is 27.7 Å². The van der Waals surface area contributed by atoms with Gasteiger partial charge < -0.3 is 43.7 Å². The van der Waals surface area contributed by atoms with Gasteiger partial charge in [0.15, 0.2) is 35.7 Å². The van der Waals surface area contributed by atoms with Crippen LogP contribution >= 0.6 is 0 Å². The van der Waals surface area contributed by atoms with Crippen molar-refractivity contribution in [2.75, 3.05) is 26.4 Å². The van der Waals surface area contributed by atoms with Gasteiger partial charge >= 0.3 is 0 Å². The Morgan fingerprint density at radius 2 is 0.808 bits per heavy atom. The van der Waals surface area contributed by atoms with Crippen LogP contribution in [0.3, 0.4) is 0 Å². The number of hydrogen-bond acceptors (Lipinski definition) is 20. The normalized spacial score (nSPS) is 37.0. The summed E-state index contributed by atoms with van der Waals surface area (Å²) in [6.45, 7) is 34.5. The van der Waals surface area contributed by atoms with Gasteiger partial charge in [-0.25, -0.2) is 0 Å². The Morgan fingerprint density at radius 3 is 1.32 bits per heavy atom. The summed E-state index contributed by atoms with van der Waals surface area (Å²) in [5.74, 6) is 4.51. The van der Waals surface area contributed by atoms with Crippen molar-refractivity contribution in [1.29, 1.82) is 0 Å². The topological polar surface area (TPSA) is 304 Å². The highest BCUT2D eigenvalue weighted by molar-refractivity contribution is 6.09. The first-order valence-electron chi connectivity index (χ1n) is 52.8. The Labute approximate surface area is 781 Å². The van der Waals surface area contributed by atoms with E-state index >= 15 is 0 Å². The second-order valence-corrected chi connectivity index (χ2v) is 43.8. The summed E-state index contributed by atoms with van der Waals surface area (Å²) in [7, 11) is 0. The zero-order valence-corrected chi connectivity index (χ0v) is 83.5. The van der Waals surface area contributed by atoms with E-state index in [9.17, 15) is 68.1 Å². The molecule has 3 aliphatic heterocycles. The molecule has 17 rings (SSSR count). The molecular weight excluding hydrogens is 1640 g/mol. The lowest BCUT2D eigenvalue weighted by Gasteiger charge is -2.56. The molecule has 0 radical (unpaired) electrons. The lowest BCUT2D eigenvalue weighted by Crippen LogP contribution is -2.57. The first-order valence-corrected chi connectivity index (χ1v) is 52.8. The van der Waals surface area contributed by atoms with Gasteiger partial charge in [0.2, 0.25) is 0 Å². The molecule has 3 N–H and O–H groups in total. The van der Waals surface area contributed by atoms with Crippen LogP contribution in [0.15, 0.2) is 33.4 Å². The van der Waals surface area contributed by atoms with E-state index in [0.717, 1.165) is 267 Å². The molecule has 0 bridgehead atoms. The number of carbonyl (C=O) groups excluding carboxylic acids is 11. The monoisotopic (exact) mass is 1820 g/mol. The third kappa shape index (κ3) is 24.1. The maximum Gasteiger partial charge on any atom is 0.171 e. The van der Waals surface area contributed by atoms with Crippen LogP contribution in [0.25, 0.3) is 0 Å². The average Bonchev–Trinajstić information content (AvgIpc) is 1.20. The van der Waals surface area contributed by atoms with E-state index in [0.29, 0.717) is 136 Å². The summed E-state index contributed by atoms with van der Waals surface area (Å²) in [6.07, 6.45) is 46.6. The standard InChI is InChI=1S/C18H30O3.C18H28O3.C15H26O3.C13H20O3.C13H22O2.C13H20O2.C13H18O2.C7H10O2/c2*1-3-13-14-7-6-8-16(18(14,2)11-10-15(13)19)21-17-9-4-5-12-20-17;1-3-11-12-5-4-6-13(16)14(12,2)7-8-15(11)17-9-10-18-15;1-3-5-10(14)8-9-13(2)11(15)6-4-7-12(13)16;3*1-3-9-10-5-4-6-12(15)13(10,2)8-7-11(9)14;1-5-6(8)3-2-4-7(5)9/h13-14,16-17H,3-12H2,1-2H3;16-17H,3-12H2,1-2H3;11-13,16H,3-10H2,1-2H3;3-9H2,1-2H3;9-10,12,15H,3-8H2,1-2H3;12,15H,3-8H2,1-2H3;3-8H2,1-2H3;5H,2-4H2,1H3/t13-,14-,16-,17?,18-;16-,17?,18-;11-,12-,13-,14-;;9-,10-,12-,13-;12-,13-;;/m000.00../s1. The minimum absolute atomic E-state index is 0.00275. The highest BCUT2D eigenvalue weighted by Gasteiger charge is 2.60. The van der Waals surface area contributed by atoms with Gasteiger partial charge in [-0.2, -0.15) is 0 Å². The Balaban J connectivity index is 0.000000156. The highest BCUT2D eigenvalue weighted by Crippen LogP contribution is 2.61. The molecule has 0 aromatic heterocycles. The third-order valence-electron chi connectivity index (χ3n) is 36.2. The Hall–Kier alpha value is -4.77. The van der Waals surface area contributed by atoms with Crippen molar-refractivity contribution < 1.29 is 96.5 Å². The molecule has 3 heterocycles. The molecule has 0 aromatic carbocycles. The van der Waals surface area contributed by atoms with Crippen LogP contribution in [0.4, 0.5) is 0 Å². The van der Waals surface area contributed by atoms with Gasteiger partial charge in [-0.1, -0.05) is 119 Å².